The maximum absolute atomic E-state index is 13.2. The number of Topliss-reactive ketones (excluding diaryl/α,β-unsaturated/α-hetero) is 1. The van der Waals surface area contributed by atoms with Gasteiger partial charge in [-0.3, -0.25) is 33.6 Å². The number of benzene rings is 8. The molecular formula is C112H155LiN6O20. The van der Waals surface area contributed by atoms with Gasteiger partial charge in [0.2, 0.25) is 11.8 Å². The number of aliphatic hydroxyl groups is 1. The number of methoxy groups -OCH3 is 2. The molecule has 754 valence electrons. The number of rotatable bonds is 46. The van der Waals surface area contributed by atoms with Crippen LogP contribution in [0.4, 0.5) is 14.4 Å². The van der Waals surface area contributed by atoms with E-state index in [-0.39, 0.29) is 94.6 Å². The standard InChI is InChI=1S/C40H59N3O8.C26H35NO4.C25H33NO4.C17H18O.C4H9NO2.Li.H2O/c1-8-10-12-14-33(38(48)49)41-37(47)27(3)25-34(45)36(28(4)44)42-35(46)23-24-43(39(50)51-40(5,6)7)26-30-17-21-32(22-18-30)31-19-15-29(16-20-31)13-11-9-2;1-6-7-8-20-9-13-22(14-10-20)23-15-11-21(12-16-23)19-27(18-17-24(28)30-5)25(29)31-26(2,3)4;1-5-6-7-19-8-12-21(13-9-19)22-14-10-20(11-15-22)18-26(17-16-23(27)28)24(29)30-25(2,3)4;1-2-3-4-14-5-9-16(10-6-14)17-11-7-15(13-18)8-12-17;1-7-4(6)2-3-5;;/h15-22,27-28,33,36,44H,8-14,23-26H2,1-7H3,(H,41,47)(H,42,46)(H,48,49);9-16H,6-8,17-19H2,1-5H3;8-15H,5-7,16-18H2,1-4H3,(H,27,28);5-13H,2-4H2,1H3;2-3,5H2,1H3;;1H2/q;;;;;+1;/p-1/t27-,28-,33+,36+;;;;;;/m1....../s1. The third-order valence-corrected chi connectivity index (χ3v) is 21.8. The first-order valence-corrected chi connectivity index (χ1v) is 48.3. The number of aryl methyl sites for hydroxylation is 4. The fourth-order valence-electron chi connectivity index (χ4n) is 13.9. The second-order valence-corrected chi connectivity index (χ2v) is 37.3. The molecule has 5 amide bonds. The monoisotopic (exact) mass is 1910 g/mol. The Balaban J connectivity index is 0.000000641. The smallest absolute Gasteiger partial charge is 0.870 e. The van der Waals surface area contributed by atoms with Crippen molar-refractivity contribution in [1.29, 1.82) is 0 Å². The van der Waals surface area contributed by atoms with Crippen LogP contribution < -0.4 is 35.2 Å². The number of carbonyl (C=O) groups is 11. The molecule has 139 heavy (non-hydrogen) atoms. The van der Waals surface area contributed by atoms with Gasteiger partial charge in [0.1, 0.15) is 35.2 Å². The van der Waals surface area contributed by atoms with Crippen molar-refractivity contribution in [1.82, 2.24) is 25.3 Å². The summed E-state index contributed by atoms with van der Waals surface area (Å²) in [5.74, 6) is -5.31. The molecule has 0 unspecified atom stereocenters. The first kappa shape index (κ1) is 123. The fraction of sp³-hybridized carbons (Fsp3) is 0.473. The predicted octanol–water partition coefficient (Wildman–Crippen LogP) is 19.2. The van der Waals surface area contributed by atoms with Gasteiger partial charge in [-0.1, -0.05) is 281 Å². The van der Waals surface area contributed by atoms with Gasteiger partial charge in [0.25, 0.3) is 0 Å². The van der Waals surface area contributed by atoms with Crippen LogP contribution in [-0.2, 0) is 103 Å². The van der Waals surface area contributed by atoms with E-state index in [9.17, 15) is 63.0 Å². The Morgan fingerprint density at radius 1 is 0.396 bits per heavy atom. The molecule has 8 aromatic carbocycles. The molecule has 0 bridgehead atoms. The minimum Gasteiger partial charge on any atom is -0.870 e. The van der Waals surface area contributed by atoms with Crippen molar-refractivity contribution in [3.8, 4) is 44.5 Å². The minimum absolute atomic E-state index is 0. The molecule has 0 radical (unpaired) electrons. The number of aldehydes is 1. The number of ketones is 1. The molecule has 8 rings (SSSR count). The molecule has 0 aliphatic carbocycles. The summed E-state index contributed by atoms with van der Waals surface area (Å²) in [7, 11) is 2.69. The number of carbonyl (C=O) groups excluding carboxylic acids is 9. The van der Waals surface area contributed by atoms with Gasteiger partial charge in [0.05, 0.1) is 39.6 Å². The zero-order valence-corrected chi connectivity index (χ0v) is 85.9. The second-order valence-electron chi connectivity index (χ2n) is 37.3. The van der Waals surface area contributed by atoms with Gasteiger partial charge in [-0.05, 0) is 210 Å². The van der Waals surface area contributed by atoms with Crippen LogP contribution in [0.2, 0.25) is 0 Å². The summed E-state index contributed by atoms with van der Waals surface area (Å²) in [4.78, 5) is 137. The summed E-state index contributed by atoms with van der Waals surface area (Å²) < 4.78 is 25.5. The minimum atomic E-state index is -1.30. The fourth-order valence-corrected chi connectivity index (χ4v) is 13.9. The summed E-state index contributed by atoms with van der Waals surface area (Å²) >= 11 is 0. The van der Waals surface area contributed by atoms with Gasteiger partial charge in [0.15, 0.2) is 5.78 Å². The molecule has 0 aliphatic rings. The summed E-state index contributed by atoms with van der Waals surface area (Å²) in [5.41, 5.74) is 20.9. The predicted molar refractivity (Wildman–Crippen MR) is 545 cm³/mol. The number of nitrogens with zero attached hydrogens (tertiary/aromatic N) is 3. The number of aliphatic carboxylic acids is 2. The number of ether oxygens (including phenoxy) is 5. The van der Waals surface area contributed by atoms with Crippen LogP contribution in [0.15, 0.2) is 194 Å². The summed E-state index contributed by atoms with van der Waals surface area (Å²) in [6, 6.07) is 63.8. The quantitative estimate of drug-likeness (QED) is 0.00678. The van der Waals surface area contributed by atoms with Gasteiger partial charge in [-0.25, -0.2) is 19.2 Å². The summed E-state index contributed by atoms with van der Waals surface area (Å²) in [6.45, 7) is 31.3. The largest absolute Gasteiger partial charge is 1.00 e. The number of hydrogen-bond donors (Lipinski definition) is 6. The number of aliphatic hydroxyl groups excluding tert-OH is 1. The molecule has 0 aliphatic heterocycles. The van der Waals surface area contributed by atoms with Crippen molar-refractivity contribution in [2.75, 3.05) is 40.4 Å². The molecule has 27 heteroatoms. The number of nitrogens with one attached hydrogen (secondary N) is 2. The van der Waals surface area contributed by atoms with E-state index in [1.807, 2.05) is 113 Å². The number of unbranched alkanes of at least 4 members (excludes halogenated alkanes) is 6. The van der Waals surface area contributed by atoms with Crippen molar-refractivity contribution in [3.63, 3.8) is 0 Å². The molecule has 0 aromatic heterocycles. The molecule has 0 fully saturated rings. The Kier molecular flexibility index (Phi) is 58.5. The van der Waals surface area contributed by atoms with Crippen LogP contribution in [0.3, 0.4) is 0 Å². The number of carboxylic acid groups (broad SMARTS) is 2. The Morgan fingerprint density at radius 2 is 0.676 bits per heavy atom. The van der Waals surface area contributed by atoms with Crippen LogP contribution in [0, 0.1) is 5.92 Å². The average molecular weight is 1910 g/mol. The second kappa shape index (κ2) is 65.9. The van der Waals surface area contributed by atoms with Crippen LogP contribution in [0.25, 0.3) is 44.5 Å². The molecule has 4 atom stereocenters. The molecule has 0 heterocycles. The number of esters is 2. The molecule has 0 saturated carbocycles. The maximum atomic E-state index is 13.2. The SMILES string of the molecule is CCCCC[C@H](NC(=O)[C@H](C)CC(=O)[C@@H](NC(=O)CCN(Cc1ccc(-c2ccc(CCCC)cc2)cc1)C(=O)OC(C)(C)C)[C@@H](C)O)C(=O)O.CCCCc1ccc(-c2ccc(C=O)cc2)cc1.CCCCc1ccc(-c2ccc(CN(CCC(=O)O)C(=O)OC(C)(C)C)cc2)cc1.CCCCc1ccc(-c2ccc(CN(CCC(=O)OC)C(=O)OC(C)(C)C)cc2)cc1.COC(=O)CCN.[Li+].[OH-]. The zero-order valence-electron chi connectivity index (χ0n) is 85.9. The number of hydrogen-bond acceptors (Lipinski definition) is 19. The third kappa shape index (κ3) is 50.6. The van der Waals surface area contributed by atoms with E-state index >= 15 is 0 Å². The number of nitrogens with two attached hydrogens (primary N) is 1. The Morgan fingerprint density at radius 3 is 0.928 bits per heavy atom. The van der Waals surface area contributed by atoms with Gasteiger partial charge in [-0.15, -0.1) is 0 Å². The van der Waals surface area contributed by atoms with Crippen molar-refractivity contribution >= 4 is 66.0 Å². The Bertz CT molecular complexity index is 4940. The van der Waals surface area contributed by atoms with Crippen molar-refractivity contribution in [2.45, 2.75) is 300 Å². The van der Waals surface area contributed by atoms with Crippen LogP contribution in [-0.4, -0.2) is 177 Å². The van der Waals surface area contributed by atoms with Gasteiger partial charge >= 0.3 is 61.0 Å². The van der Waals surface area contributed by atoms with E-state index < -0.39 is 88.7 Å². The molecule has 0 saturated heterocycles. The van der Waals surface area contributed by atoms with Crippen molar-refractivity contribution < 1.29 is 116 Å². The van der Waals surface area contributed by atoms with Gasteiger partial charge in [-0.2, -0.15) is 0 Å². The van der Waals surface area contributed by atoms with Gasteiger partial charge < -0.3 is 75.5 Å². The van der Waals surface area contributed by atoms with E-state index in [2.05, 4.69) is 152 Å². The van der Waals surface area contributed by atoms with Crippen LogP contribution >= 0.6 is 0 Å². The first-order valence-electron chi connectivity index (χ1n) is 48.3. The summed E-state index contributed by atoms with van der Waals surface area (Å²) in [6.07, 6.45) is 14.5. The molecular weight excluding hydrogens is 1760 g/mol. The molecule has 26 nitrogen and oxygen atoms in total. The van der Waals surface area contributed by atoms with E-state index in [4.69, 9.17) is 29.8 Å². The van der Waals surface area contributed by atoms with Gasteiger partial charge in [0, 0.05) is 70.1 Å². The van der Waals surface area contributed by atoms with Crippen LogP contribution in [0.5, 0.6) is 0 Å². The number of carboxylic acids is 2. The topological polar surface area (TPSA) is 384 Å². The van der Waals surface area contributed by atoms with E-state index in [1.54, 1.807) is 46.4 Å². The molecule has 8 N–H and O–H groups in total. The Labute approximate surface area is 837 Å². The molecule has 8 aromatic rings. The van der Waals surface area contributed by atoms with Crippen molar-refractivity contribution in [3.05, 3.63) is 239 Å². The molecule has 0 spiro atoms. The zero-order chi connectivity index (χ0) is 102. The number of amides is 5. The summed E-state index contributed by atoms with van der Waals surface area (Å²) in [5, 5.41) is 33.9. The third-order valence-electron chi connectivity index (χ3n) is 21.8. The van der Waals surface area contributed by atoms with Crippen LogP contribution in [0.1, 0.15) is 269 Å². The average Bonchev–Trinajstić information content (AvgIpc) is 0.839. The van der Waals surface area contributed by atoms with Crippen molar-refractivity contribution in [2.24, 2.45) is 11.7 Å². The first-order chi connectivity index (χ1) is 65.1. The van der Waals surface area contributed by atoms with E-state index in [0.29, 0.717) is 32.5 Å². The normalized spacial score (nSPS) is 11.7. The maximum Gasteiger partial charge on any atom is 1.00 e. The van der Waals surface area contributed by atoms with E-state index in [1.165, 1.54) is 110 Å². The Hall–Kier alpha value is -11.8. The van der Waals surface area contributed by atoms with E-state index in [0.717, 1.165) is 113 Å².